The van der Waals surface area contributed by atoms with E-state index < -0.39 is 0 Å². The van der Waals surface area contributed by atoms with Gasteiger partial charge >= 0.3 is 0 Å². The molecular weight excluding hydrogens is 248 g/mol. The summed E-state index contributed by atoms with van der Waals surface area (Å²) < 4.78 is 2.28. The number of hydrogen-bond donors (Lipinski definition) is 0. The Balaban J connectivity index is 1.49. The molecule has 3 heterocycles. The van der Waals surface area contributed by atoms with Crippen LogP contribution in [0.1, 0.15) is 24.4 Å². The van der Waals surface area contributed by atoms with Crippen LogP contribution in [0.4, 0.5) is 0 Å². The molecule has 0 unspecified atom stereocenters. The fourth-order valence-electron chi connectivity index (χ4n) is 2.92. The van der Waals surface area contributed by atoms with Crippen LogP contribution in [0.25, 0.3) is 0 Å². The number of hydrogen-bond acceptors (Lipinski definition) is 3. The van der Waals surface area contributed by atoms with Crippen molar-refractivity contribution in [3.63, 3.8) is 0 Å². The van der Waals surface area contributed by atoms with Crippen molar-refractivity contribution in [1.82, 2.24) is 19.4 Å². The summed E-state index contributed by atoms with van der Waals surface area (Å²) in [4.78, 5) is 11.2. The smallest absolute Gasteiger partial charge is 0.105 e. The third kappa shape index (κ3) is 3.25. The van der Waals surface area contributed by atoms with Crippen molar-refractivity contribution in [2.24, 2.45) is 5.92 Å². The quantitative estimate of drug-likeness (QED) is 0.856. The molecule has 0 saturated carbocycles. The van der Waals surface area contributed by atoms with Gasteiger partial charge in [0.1, 0.15) is 5.82 Å². The van der Waals surface area contributed by atoms with Crippen molar-refractivity contribution in [3.05, 3.63) is 48.3 Å². The van der Waals surface area contributed by atoms with Crippen LogP contribution in [0.5, 0.6) is 0 Å². The van der Waals surface area contributed by atoms with Gasteiger partial charge in [-0.3, -0.25) is 9.88 Å². The Kier molecular flexibility index (Phi) is 4.11. The molecule has 1 aliphatic heterocycles. The molecule has 2 aromatic heterocycles. The Morgan fingerprint density at radius 3 is 2.65 bits per heavy atom. The van der Waals surface area contributed by atoms with Crippen molar-refractivity contribution < 1.29 is 0 Å². The number of aromatic nitrogens is 3. The Bertz CT molecular complexity index is 526. The van der Waals surface area contributed by atoms with E-state index >= 15 is 0 Å². The summed E-state index contributed by atoms with van der Waals surface area (Å²) in [6.07, 6.45) is 8.40. The van der Waals surface area contributed by atoms with Crippen LogP contribution < -0.4 is 0 Å². The lowest BCUT2D eigenvalue weighted by Gasteiger charge is -2.32. The topological polar surface area (TPSA) is 34.0 Å². The molecule has 0 N–H and O–H groups in total. The van der Waals surface area contributed by atoms with Crippen LogP contribution >= 0.6 is 0 Å². The molecule has 20 heavy (non-hydrogen) atoms. The van der Waals surface area contributed by atoms with E-state index in [1.54, 1.807) is 0 Å². The lowest BCUT2D eigenvalue weighted by atomic mass is 9.96. The summed E-state index contributed by atoms with van der Waals surface area (Å²) in [6, 6.07) is 6.15. The summed E-state index contributed by atoms with van der Waals surface area (Å²) in [5.41, 5.74) is 1.18. The maximum Gasteiger partial charge on any atom is 0.105 e. The highest BCUT2D eigenvalue weighted by molar-refractivity contribution is 5.03. The Labute approximate surface area is 120 Å². The molecule has 0 atom stereocenters. The number of likely N-dealkylation sites (tertiary alicyclic amines) is 1. The molecule has 0 aromatic carbocycles. The third-order valence-corrected chi connectivity index (χ3v) is 4.20. The lowest BCUT2D eigenvalue weighted by molar-refractivity contribution is 0.165. The molecule has 1 aliphatic rings. The van der Waals surface area contributed by atoms with Gasteiger partial charge in [-0.1, -0.05) is 6.07 Å². The second-order valence-corrected chi connectivity index (χ2v) is 5.67. The van der Waals surface area contributed by atoms with Crippen LogP contribution in [0.15, 0.2) is 36.8 Å². The second kappa shape index (κ2) is 6.18. The standard InChI is InChI=1S/C16H22N4/c1-14-17-8-11-20(14)12-15-5-9-19(10-6-15)13-16-4-2-3-7-18-16/h2-4,7-8,11,15H,5-6,9-10,12-13H2,1H3. The summed E-state index contributed by atoms with van der Waals surface area (Å²) in [5.74, 6) is 1.91. The molecule has 4 nitrogen and oxygen atoms in total. The van der Waals surface area contributed by atoms with Gasteiger partial charge in [0.05, 0.1) is 5.69 Å². The van der Waals surface area contributed by atoms with E-state index in [1.165, 1.54) is 31.6 Å². The number of nitrogens with zero attached hydrogens (tertiary/aromatic N) is 4. The van der Waals surface area contributed by atoms with Gasteiger partial charge < -0.3 is 4.57 Å². The number of rotatable bonds is 4. The Hall–Kier alpha value is -1.68. The maximum absolute atomic E-state index is 4.41. The van der Waals surface area contributed by atoms with Gasteiger partial charge in [-0.05, 0) is 50.9 Å². The number of imidazole rings is 1. The minimum atomic E-state index is 0.780. The highest BCUT2D eigenvalue weighted by Crippen LogP contribution is 2.20. The summed E-state index contributed by atoms with van der Waals surface area (Å²) in [5, 5.41) is 0. The monoisotopic (exact) mass is 270 g/mol. The van der Waals surface area contributed by atoms with Crippen molar-refractivity contribution in [2.45, 2.75) is 32.9 Å². The zero-order valence-corrected chi connectivity index (χ0v) is 12.1. The van der Waals surface area contributed by atoms with Crippen molar-refractivity contribution in [3.8, 4) is 0 Å². The summed E-state index contributed by atoms with van der Waals surface area (Å²) in [6.45, 7) is 6.53. The molecule has 1 fully saturated rings. The highest BCUT2D eigenvalue weighted by atomic mass is 15.1. The molecule has 0 bridgehead atoms. The predicted molar refractivity (Wildman–Crippen MR) is 79.2 cm³/mol. The maximum atomic E-state index is 4.41. The van der Waals surface area contributed by atoms with Gasteiger partial charge in [0.2, 0.25) is 0 Å². The molecule has 3 rings (SSSR count). The van der Waals surface area contributed by atoms with Crippen LogP contribution in [0, 0.1) is 12.8 Å². The van der Waals surface area contributed by atoms with Crippen LogP contribution in [-0.2, 0) is 13.1 Å². The number of pyridine rings is 1. The molecule has 4 heteroatoms. The number of aryl methyl sites for hydroxylation is 1. The zero-order chi connectivity index (χ0) is 13.8. The Morgan fingerprint density at radius 2 is 2.00 bits per heavy atom. The first-order chi connectivity index (χ1) is 9.81. The van der Waals surface area contributed by atoms with Gasteiger partial charge in [0.15, 0.2) is 0 Å². The first-order valence-corrected chi connectivity index (χ1v) is 7.41. The first-order valence-electron chi connectivity index (χ1n) is 7.41. The van der Waals surface area contributed by atoms with Crippen molar-refractivity contribution in [2.75, 3.05) is 13.1 Å². The minimum absolute atomic E-state index is 0.780. The molecular formula is C16H22N4. The number of piperidine rings is 1. The Morgan fingerprint density at radius 1 is 1.15 bits per heavy atom. The normalized spacial score (nSPS) is 17.4. The molecule has 2 aromatic rings. The highest BCUT2D eigenvalue weighted by Gasteiger charge is 2.20. The van der Waals surface area contributed by atoms with Gasteiger partial charge in [-0.2, -0.15) is 0 Å². The van der Waals surface area contributed by atoms with Crippen molar-refractivity contribution in [1.29, 1.82) is 0 Å². The first kappa shape index (κ1) is 13.3. The van der Waals surface area contributed by atoms with Gasteiger partial charge in [-0.25, -0.2) is 4.98 Å². The zero-order valence-electron chi connectivity index (χ0n) is 12.1. The van der Waals surface area contributed by atoms with E-state index in [0.29, 0.717) is 0 Å². The molecule has 0 aliphatic carbocycles. The minimum Gasteiger partial charge on any atom is -0.335 e. The fourth-order valence-corrected chi connectivity index (χ4v) is 2.92. The largest absolute Gasteiger partial charge is 0.335 e. The van der Waals surface area contributed by atoms with E-state index in [2.05, 4.69) is 44.7 Å². The van der Waals surface area contributed by atoms with E-state index in [4.69, 9.17) is 0 Å². The SMILES string of the molecule is Cc1nccn1CC1CCN(Cc2ccccn2)CC1. The van der Waals surface area contributed by atoms with Gasteiger partial charge in [0, 0.05) is 31.7 Å². The summed E-state index contributed by atoms with van der Waals surface area (Å²) in [7, 11) is 0. The lowest BCUT2D eigenvalue weighted by Crippen LogP contribution is -2.34. The third-order valence-electron chi connectivity index (χ3n) is 4.20. The molecule has 0 amide bonds. The van der Waals surface area contributed by atoms with E-state index in [9.17, 15) is 0 Å². The predicted octanol–water partition coefficient (Wildman–Crippen LogP) is 2.50. The van der Waals surface area contributed by atoms with E-state index in [-0.39, 0.29) is 0 Å². The fraction of sp³-hybridized carbons (Fsp3) is 0.500. The molecule has 106 valence electrons. The molecule has 1 saturated heterocycles. The second-order valence-electron chi connectivity index (χ2n) is 5.67. The van der Waals surface area contributed by atoms with Crippen LogP contribution in [0.3, 0.4) is 0 Å². The van der Waals surface area contributed by atoms with Gasteiger partial charge in [-0.15, -0.1) is 0 Å². The average Bonchev–Trinajstić information content (AvgIpc) is 2.88. The van der Waals surface area contributed by atoms with Crippen LogP contribution in [-0.4, -0.2) is 32.5 Å². The van der Waals surface area contributed by atoms with Crippen molar-refractivity contribution >= 4 is 0 Å². The average molecular weight is 270 g/mol. The van der Waals surface area contributed by atoms with Crippen LogP contribution in [0.2, 0.25) is 0 Å². The van der Waals surface area contributed by atoms with E-state index in [0.717, 1.165) is 24.8 Å². The molecule has 0 radical (unpaired) electrons. The van der Waals surface area contributed by atoms with Gasteiger partial charge in [0.25, 0.3) is 0 Å². The molecule has 0 spiro atoms. The summed E-state index contributed by atoms with van der Waals surface area (Å²) >= 11 is 0. The van der Waals surface area contributed by atoms with E-state index in [1.807, 2.05) is 18.5 Å².